The van der Waals surface area contributed by atoms with Gasteiger partial charge in [-0.25, -0.2) is 0 Å². The van der Waals surface area contributed by atoms with Crippen molar-refractivity contribution in [1.82, 2.24) is 0 Å². The lowest BCUT2D eigenvalue weighted by atomic mass is 10.1. The van der Waals surface area contributed by atoms with Crippen molar-refractivity contribution in [1.29, 1.82) is 0 Å². The molecule has 0 heterocycles. The number of hydrogen-bond donors (Lipinski definition) is 0. The highest BCUT2D eigenvalue weighted by Gasteiger charge is 2.38. The van der Waals surface area contributed by atoms with Crippen LogP contribution in [0.25, 0.3) is 0 Å². The largest absolute Gasteiger partial charge is 0.497 e. The summed E-state index contributed by atoms with van der Waals surface area (Å²) >= 11 is 0. The van der Waals surface area contributed by atoms with Gasteiger partial charge in [0.15, 0.2) is 17.2 Å². The summed E-state index contributed by atoms with van der Waals surface area (Å²) in [7, 11) is -6.75. The third-order valence-electron chi connectivity index (χ3n) is 4.79. The molecule has 9 nitrogen and oxygen atoms in total. The van der Waals surface area contributed by atoms with Crippen LogP contribution >= 0.6 is 0 Å². The first-order valence-electron chi connectivity index (χ1n) is 10.2. The number of hydrogen-bond acceptors (Lipinski definition) is 9. The Bertz CT molecular complexity index is 1500. The third kappa shape index (κ3) is 6.71. The highest BCUT2D eigenvalue weighted by Crippen LogP contribution is 2.33. The van der Waals surface area contributed by atoms with E-state index < -0.39 is 42.6 Å². The van der Waals surface area contributed by atoms with Crippen molar-refractivity contribution in [3.8, 4) is 17.2 Å². The normalized spacial score (nSPS) is 12.6. The molecular weight excluding hydrogens is 539 g/mol. The molecule has 3 aromatic rings. The molecule has 37 heavy (non-hydrogen) atoms. The van der Waals surface area contributed by atoms with Crippen molar-refractivity contribution in [2.75, 3.05) is 14.2 Å². The molecule has 0 aliphatic heterocycles. The fourth-order valence-corrected chi connectivity index (χ4v) is 4.57. The minimum absolute atomic E-state index is 0.160. The minimum atomic E-state index is -5.05. The van der Waals surface area contributed by atoms with Gasteiger partial charge >= 0.3 is 26.4 Å². The summed E-state index contributed by atoms with van der Waals surface area (Å²) in [6.07, 6.45) is -5.05. The van der Waals surface area contributed by atoms with Crippen molar-refractivity contribution in [2.45, 2.75) is 22.9 Å². The highest BCUT2D eigenvalue weighted by atomic mass is 32.2. The number of halogens is 3. The fraction of sp³-hybridized carbons (Fsp3) is 0.174. The molecule has 3 aromatic carbocycles. The van der Waals surface area contributed by atoms with Gasteiger partial charge in [-0.3, -0.25) is 4.28 Å². The van der Waals surface area contributed by atoms with Crippen LogP contribution in [0.5, 0.6) is 17.2 Å². The van der Waals surface area contributed by atoms with Crippen LogP contribution in [0.4, 0.5) is 13.2 Å². The predicted molar refractivity (Wildman–Crippen MR) is 126 cm³/mol. The van der Waals surface area contributed by atoms with E-state index in [4.69, 9.17) is 13.7 Å². The predicted octanol–water partition coefficient (Wildman–Crippen LogP) is 4.45. The quantitative estimate of drug-likeness (QED) is 0.214. The van der Waals surface area contributed by atoms with Crippen LogP contribution in [0.1, 0.15) is 11.1 Å². The molecule has 14 heteroatoms. The second kappa shape index (κ2) is 10.7. The molecule has 0 atom stereocenters. The maximum absolute atomic E-state index is 13.5. The molecule has 198 valence electrons. The zero-order chi connectivity index (χ0) is 27.4. The smallest absolute Gasteiger partial charge is 0.437 e. The SMILES string of the molecule is COc1ccc(/C(=N\OS(=O)(=O)c2ccc(OS(=O)(=O)c3ccc(C)cc3)c(OC)c2)C(F)(F)F)cc1. The van der Waals surface area contributed by atoms with E-state index in [9.17, 15) is 30.0 Å². The molecule has 0 radical (unpaired) electrons. The first-order valence-corrected chi connectivity index (χ1v) is 13.0. The van der Waals surface area contributed by atoms with Crippen LogP contribution < -0.4 is 13.7 Å². The zero-order valence-corrected chi connectivity index (χ0v) is 21.1. The lowest BCUT2D eigenvalue weighted by Crippen LogP contribution is -2.25. The lowest BCUT2D eigenvalue weighted by Gasteiger charge is -2.13. The molecule has 3 rings (SSSR count). The zero-order valence-electron chi connectivity index (χ0n) is 19.5. The topological polar surface area (TPSA) is 118 Å². The van der Waals surface area contributed by atoms with E-state index in [1.54, 1.807) is 19.1 Å². The van der Waals surface area contributed by atoms with Crippen molar-refractivity contribution >= 4 is 25.9 Å². The van der Waals surface area contributed by atoms with Gasteiger partial charge in [-0.2, -0.15) is 30.0 Å². The summed E-state index contributed by atoms with van der Waals surface area (Å²) in [6.45, 7) is 1.76. The van der Waals surface area contributed by atoms with Crippen LogP contribution in [0.15, 0.2) is 81.7 Å². The Hall–Kier alpha value is -3.78. The summed E-state index contributed by atoms with van der Waals surface area (Å²) < 4.78 is 110. The van der Waals surface area contributed by atoms with Crippen molar-refractivity contribution in [2.24, 2.45) is 5.16 Å². The van der Waals surface area contributed by atoms with Crippen LogP contribution in [-0.2, 0) is 24.5 Å². The van der Waals surface area contributed by atoms with E-state index in [2.05, 4.69) is 9.44 Å². The fourth-order valence-electron chi connectivity index (χ4n) is 2.89. The average molecular weight is 560 g/mol. The molecule has 0 saturated carbocycles. The van der Waals surface area contributed by atoms with E-state index in [1.165, 1.54) is 31.4 Å². The van der Waals surface area contributed by atoms with Gasteiger partial charge in [0.2, 0.25) is 0 Å². The molecule has 0 amide bonds. The molecule has 0 bridgehead atoms. The maximum Gasteiger partial charge on any atom is 0.437 e. The number of rotatable bonds is 9. The molecule has 0 aliphatic rings. The van der Waals surface area contributed by atoms with Gasteiger partial charge in [-0.05, 0) is 55.5 Å². The first-order chi connectivity index (χ1) is 17.3. The number of benzene rings is 3. The van der Waals surface area contributed by atoms with E-state index in [1.807, 2.05) is 0 Å². The number of aryl methyl sites for hydroxylation is 1. The Morgan fingerprint density at radius 2 is 1.35 bits per heavy atom. The van der Waals surface area contributed by atoms with Crippen molar-refractivity contribution in [3.63, 3.8) is 0 Å². The van der Waals surface area contributed by atoms with Crippen LogP contribution in [0.3, 0.4) is 0 Å². The molecule has 0 fully saturated rings. The van der Waals surface area contributed by atoms with Gasteiger partial charge in [0.05, 0.1) is 14.2 Å². The third-order valence-corrected chi connectivity index (χ3v) is 7.14. The molecule has 0 N–H and O–H groups in total. The number of ether oxygens (including phenoxy) is 2. The molecule has 0 spiro atoms. The van der Waals surface area contributed by atoms with Gasteiger partial charge in [-0.15, -0.1) is 0 Å². The van der Waals surface area contributed by atoms with Crippen LogP contribution in [0.2, 0.25) is 0 Å². The second-order valence-corrected chi connectivity index (χ2v) is 10.4. The average Bonchev–Trinajstić information content (AvgIpc) is 2.84. The Morgan fingerprint density at radius 1 is 0.757 bits per heavy atom. The molecule has 0 aromatic heterocycles. The van der Waals surface area contributed by atoms with Crippen molar-refractivity contribution in [3.05, 3.63) is 77.9 Å². The Kier molecular flexibility index (Phi) is 8.03. The second-order valence-electron chi connectivity index (χ2n) is 7.36. The summed E-state index contributed by atoms with van der Waals surface area (Å²) in [5.41, 5.74) is -1.25. The highest BCUT2D eigenvalue weighted by molar-refractivity contribution is 7.87. The maximum atomic E-state index is 13.5. The molecule has 0 unspecified atom stereocenters. The van der Waals surface area contributed by atoms with Gasteiger partial charge < -0.3 is 13.7 Å². The van der Waals surface area contributed by atoms with E-state index in [0.29, 0.717) is 0 Å². The van der Waals surface area contributed by atoms with Crippen molar-refractivity contribution < 1.29 is 47.9 Å². The Labute approximate surface area is 211 Å². The van der Waals surface area contributed by atoms with Gasteiger partial charge in [0, 0.05) is 11.6 Å². The number of oxime groups is 1. The molecule has 0 aliphatic carbocycles. The number of alkyl halides is 3. The van der Waals surface area contributed by atoms with E-state index in [0.717, 1.165) is 43.0 Å². The summed E-state index contributed by atoms with van der Waals surface area (Å²) in [4.78, 5) is -0.822. The van der Waals surface area contributed by atoms with Gasteiger partial charge in [-0.1, -0.05) is 22.9 Å². The number of nitrogens with zero attached hydrogens (tertiary/aromatic N) is 1. The molecular formula is C23H20F3NO8S2. The van der Waals surface area contributed by atoms with Crippen LogP contribution in [-0.4, -0.2) is 42.9 Å². The van der Waals surface area contributed by atoms with E-state index in [-0.39, 0.29) is 22.1 Å². The minimum Gasteiger partial charge on any atom is -0.497 e. The van der Waals surface area contributed by atoms with Crippen LogP contribution in [0, 0.1) is 6.92 Å². The van der Waals surface area contributed by atoms with Gasteiger partial charge in [0.1, 0.15) is 15.5 Å². The van der Waals surface area contributed by atoms with Gasteiger partial charge in [0.25, 0.3) is 0 Å². The standard InChI is InChI=1S/C23H20F3NO8S2/c1-15-4-10-18(11-5-15)36(28,29)34-20-13-12-19(14-21(20)33-3)37(30,31)35-27-22(23(24,25)26)16-6-8-17(32-2)9-7-16/h4-14H,1-3H3/b27-22+. The first kappa shape index (κ1) is 27.8. The Morgan fingerprint density at radius 3 is 1.89 bits per heavy atom. The Balaban J connectivity index is 1.90. The lowest BCUT2D eigenvalue weighted by molar-refractivity contribution is -0.0597. The summed E-state index contributed by atoms with van der Waals surface area (Å²) in [5, 5.41) is 2.85. The van der Waals surface area contributed by atoms with E-state index >= 15 is 0 Å². The monoisotopic (exact) mass is 559 g/mol. The molecule has 0 saturated heterocycles. The number of methoxy groups -OCH3 is 2. The summed E-state index contributed by atoms with van der Waals surface area (Å²) in [5.74, 6) is -0.423. The summed E-state index contributed by atoms with van der Waals surface area (Å²) in [6, 6.07) is 12.9.